The molecule has 1 saturated heterocycles. The molecule has 0 saturated carbocycles. The number of aryl methyl sites for hydroxylation is 1. The first kappa shape index (κ1) is 13.3. The molecule has 0 aliphatic carbocycles. The highest BCUT2D eigenvalue weighted by molar-refractivity contribution is 7.12. The molecule has 1 fully saturated rings. The molecular weight excluding hydrogens is 272 g/mol. The van der Waals surface area contributed by atoms with Crippen LogP contribution in [0.3, 0.4) is 0 Å². The SMILES string of the molecule is Cc1csc(C(=O)N2CCOC(c3ccncc3)C2)c1. The number of rotatable bonds is 2. The maximum absolute atomic E-state index is 12.5. The van der Waals surface area contributed by atoms with Gasteiger partial charge in [-0.3, -0.25) is 9.78 Å². The summed E-state index contributed by atoms with van der Waals surface area (Å²) in [4.78, 5) is 19.1. The van der Waals surface area contributed by atoms with E-state index in [4.69, 9.17) is 4.74 Å². The summed E-state index contributed by atoms with van der Waals surface area (Å²) in [5, 5.41) is 2.01. The number of amides is 1. The Hall–Kier alpha value is -1.72. The highest BCUT2D eigenvalue weighted by Crippen LogP contribution is 2.24. The van der Waals surface area contributed by atoms with Gasteiger partial charge in [0.15, 0.2) is 0 Å². The molecule has 2 aromatic rings. The number of morpholine rings is 1. The quantitative estimate of drug-likeness (QED) is 0.853. The predicted molar refractivity (Wildman–Crippen MR) is 77.9 cm³/mol. The summed E-state index contributed by atoms with van der Waals surface area (Å²) in [7, 11) is 0. The van der Waals surface area contributed by atoms with E-state index < -0.39 is 0 Å². The number of carbonyl (C=O) groups excluding carboxylic acids is 1. The zero-order valence-corrected chi connectivity index (χ0v) is 12.1. The molecule has 0 radical (unpaired) electrons. The zero-order chi connectivity index (χ0) is 13.9. The number of ether oxygens (including phenoxy) is 1. The molecule has 104 valence electrons. The lowest BCUT2D eigenvalue weighted by Gasteiger charge is -2.32. The lowest BCUT2D eigenvalue weighted by molar-refractivity contribution is -0.0226. The Labute approximate surface area is 122 Å². The van der Waals surface area contributed by atoms with Gasteiger partial charge in [-0.2, -0.15) is 0 Å². The van der Waals surface area contributed by atoms with E-state index >= 15 is 0 Å². The minimum absolute atomic E-state index is 0.0586. The molecule has 4 nitrogen and oxygen atoms in total. The number of carbonyl (C=O) groups is 1. The smallest absolute Gasteiger partial charge is 0.264 e. The zero-order valence-electron chi connectivity index (χ0n) is 11.3. The van der Waals surface area contributed by atoms with Gasteiger partial charge in [0.25, 0.3) is 5.91 Å². The van der Waals surface area contributed by atoms with Gasteiger partial charge in [-0.05, 0) is 41.6 Å². The van der Waals surface area contributed by atoms with Crippen molar-refractivity contribution in [2.45, 2.75) is 13.0 Å². The van der Waals surface area contributed by atoms with Crippen molar-refractivity contribution in [3.8, 4) is 0 Å². The highest BCUT2D eigenvalue weighted by Gasteiger charge is 2.26. The molecule has 5 heteroatoms. The molecule has 1 aliphatic rings. The molecule has 0 aromatic carbocycles. The topological polar surface area (TPSA) is 42.4 Å². The predicted octanol–water partition coefficient (Wildman–Crippen LogP) is 2.67. The second-order valence-electron chi connectivity index (χ2n) is 4.88. The van der Waals surface area contributed by atoms with Crippen LogP contribution >= 0.6 is 11.3 Å². The van der Waals surface area contributed by atoms with Gasteiger partial charge in [0.2, 0.25) is 0 Å². The van der Waals surface area contributed by atoms with E-state index in [-0.39, 0.29) is 12.0 Å². The van der Waals surface area contributed by atoms with Crippen molar-refractivity contribution in [3.63, 3.8) is 0 Å². The third-order valence-electron chi connectivity index (χ3n) is 3.37. The molecule has 3 heterocycles. The fourth-order valence-corrected chi connectivity index (χ4v) is 3.18. The van der Waals surface area contributed by atoms with Crippen molar-refractivity contribution >= 4 is 17.2 Å². The van der Waals surface area contributed by atoms with Crippen molar-refractivity contribution in [2.24, 2.45) is 0 Å². The molecule has 3 rings (SSSR count). The number of hydrogen-bond donors (Lipinski definition) is 0. The van der Waals surface area contributed by atoms with Gasteiger partial charge in [0.05, 0.1) is 18.0 Å². The van der Waals surface area contributed by atoms with Crippen LogP contribution < -0.4 is 0 Å². The molecule has 0 N–H and O–H groups in total. The Morgan fingerprint density at radius 3 is 2.95 bits per heavy atom. The first-order chi connectivity index (χ1) is 9.74. The summed E-state index contributed by atoms with van der Waals surface area (Å²) < 4.78 is 5.77. The van der Waals surface area contributed by atoms with Gasteiger partial charge in [0.1, 0.15) is 6.10 Å². The molecule has 0 spiro atoms. The summed E-state index contributed by atoms with van der Waals surface area (Å²) in [6, 6.07) is 5.83. The van der Waals surface area contributed by atoms with E-state index in [1.54, 1.807) is 12.4 Å². The molecule has 2 aromatic heterocycles. The Morgan fingerprint density at radius 2 is 2.25 bits per heavy atom. The Balaban J connectivity index is 1.74. The maximum Gasteiger partial charge on any atom is 0.264 e. The number of thiophene rings is 1. The van der Waals surface area contributed by atoms with Crippen LogP contribution in [0.25, 0.3) is 0 Å². The van der Waals surface area contributed by atoms with Crippen LogP contribution in [0.15, 0.2) is 36.0 Å². The summed E-state index contributed by atoms with van der Waals surface area (Å²) in [5.41, 5.74) is 2.21. The molecule has 1 unspecified atom stereocenters. The van der Waals surface area contributed by atoms with Crippen molar-refractivity contribution < 1.29 is 9.53 Å². The third-order valence-corrected chi connectivity index (χ3v) is 4.41. The fourth-order valence-electron chi connectivity index (χ4n) is 2.31. The van der Waals surface area contributed by atoms with Crippen LogP contribution in [-0.4, -0.2) is 35.5 Å². The molecule has 1 atom stereocenters. The second-order valence-corrected chi connectivity index (χ2v) is 5.79. The van der Waals surface area contributed by atoms with Crippen LogP contribution in [0.1, 0.15) is 26.9 Å². The van der Waals surface area contributed by atoms with Crippen molar-refractivity contribution in [3.05, 3.63) is 52.0 Å². The summed E-state index contributed by atoms with van der Waals surface area (Å²) in [6.45, 7) is 3.83. The van der Waals surface area contributed by atoms with Crippen molar-refractivity contribution in [1.82, 2.24) is 9.88 Å². The largest absolute Gasteiger partial charge is 0.370 e. The van der Waals surface area contributed by atoms with E-state index in [2.05, 4.69) is 4.98 Å². The van der Waals surface area contributed by atoms with Crippen molar-refractivity contribution in [2.75, 3.05) is 19.7 Å². The number of aromatic nitrogens is 1. The lowest BCUT2D eigenvalue weighted by Crippen LogP contribution is -2.42. The summed E-state index contributed by atoms with van der Waals surface area (Å²) in [6.07, 6.45) is 3.45. The maximum atomic E-state index is 12.5. The van der Waals surface area contributed by atoms with E-state index in [0.717, 1.165) is 16.0 Å². The Morgan fingerprint density at radius 1 is 1.45 bits per heavy atom. The van der Waals surface area contributed by atoms with E-state index in [1.807, 2.05) is 35.4 Å². The highest BCUT2D eigenvalue weighted by atomic mass is 32.1. The van der Waals surface area contributed by atoms with Gasteiger partial charge in [-0.1, -0.05) is 0 Å². The molecule has 1 amide bonds. The van der Waals surface area contributed by atoms with Gasteiger partial charge >= 0.3 is 0 Å². The average Bonchev–Trinajstić information content (AvgIpc) is 2.94. The number of hydrogen-bond acceptors (Lipinski definition) is 4. The normalized spacial score (nSPS) is 19.1. The monoisotopic (exact) mass is 288 g/mol. The van der Waals surface area contributed by atoms with Crippen LogP contribution in [0.4, 0.5) is 0 Å². The standard InChI is InChI=1S/C15H16N2O2S/c1-11-8-14(20-10-11)15(18)17-6-7-19-13(9-17)12-2-4-16-5-3-12/h2-5,8,10,13H,6-7,9H2,1H3. The van der Waals surface area contributed by atoms with Gasteiger partial charge < -0.3 is 9.64 Å². The minimum Gasteiger partial charge on any atom is -0.370 e. The van der Waals surface area contributed by atoms with Gasteiger partial charge in [0, 0.05) is 18.9 Å². The minimum atomic E-state index is -0.0586. The van der Waals surface area contributed by atoms with Gasteiger partial charge in [-0.15, -0.1) is 11.3 Å². The van der Waals surface area contributed by atoms with Crippen molar-refractivity contribution in [1.29, 1.82) is 0 Å². The fraction of sp³-hybridized carbons (Fsp3) is 0.333. The van der Waals surface area contributed by atoms with Crippen LogP contribution in [0.5, 0.6) is 0 Å². The summed E-state index contributed by atoms with van der Waals surface area (Å²) >= 11 is 1.51. The molecule has 1 aliphatic heterocycles. The van der Waals surface area contributed by atoms with E-state index in [1.165, 1.54) is 11.3 Å². The average molecular weight is 288 g/mol. The lowest BCUT2D eigenvalue weighted by atomic mass is 10.1. The van der Waals surface area contributed by atoms with Crippen LogP contribution in [-0.2, 0) is 4.74 Å². The summed E-state index contributed by atoms with van der Waals surface area (Å²) in [5.74, 6) is 0.102. The first-order valence-electron chi connectivity index (χ1n) is 6.60. The number of nitrogens with zero attached hydrogens (tertiary/aromatic N) is 2. The molecule has 20 heavy (non-hydrogen) atoms. The Bertz CT molecular complexity index is 597. The van der Waals surface area contributed by atoms with Crippen LogP contribution in [0, 0.1) is 6.92 Å². The molecule has 0 bridgehead atoms. The van der Waals surface area contributed by atoms with E-state index in [9.17, 15) is 4.79 Å². The van der Waals surface area contributed by atoms with E-state index in [0.29, 0.717) is 19.7 Å². The Kier molecular flexibility index (Phi) is 3.80. The number of pyridine rings is 1. The first-order valence-corrected chi connectivity index (χ1v) is 7.48. The third kappa shape index (κ3) is 2.73. The van der Waals surface area contributed by atoms with Crippen LogP contribution in [0.2, 0.25) is 0 Å². The molecular formula is C15H16N2O2S. The van der Waals surface area contributed by atoms with Gasteiger partial charge in [-0.25, -0.2) is 0 Å². The second kappa shape index (κ2) is 5.73.